The van der Waals surface area contributed by atoms with Gasteiger partial charge in [0.2, 0.25) is 5.91 Å². The highest BCUT2D eigenvalue weighted by atomic mass is 16.5. The number of ether oxygens (including phenoxy) is 1. The van der Waals surface area contributed by atoms with Crippen molar-refractivity contribution in [1.82, 2.24) is 4.90 Å². The van der Waals surface area contributed by atoms with Crippen molar-refractivity contribution >= 4 is 5.91 Å². The highest BCUT2D eigenvalue weighted by molar-refractivity contribution is 5.77. The van der Waals surface area contributed by atoms with Gasteiger partial charge in [0.1, 0.15) is 0 Å². The highest BCUT2D eigenvalue weighted by Crippen LogP contribution is 2.26. The predicted molar refractivity (Wildman–Crippen MR) is 59.5 cm³/mol. The Morgan fingerprint density at radius 3 is 2.73 bits per heavy atom. The Labute approximate surface area is 91.8 Å². The summed E-state index contributed by atoms with van der Waals surface area (Å²) in [5.41, 5.74) is 5.48. The lowest BCUT2D eigenvalue weighted by atomic mass is 10.3. The zero-order chi connectivity index (χ0) is 11.1. The number of carbonyl (C=O) groups excluding carboxylic acids is 1. The van der Waals surface area contributed by atoms with Gasteiger partial charge < -0.3 is 15.4 Å². The molecule has 0 aliphatic heterocycles. The third-order valence-corrected chi connectivity index (χ3v) is 2.49. The molecule has 0 radical (unpaired) electrons. The van der Waals surface area contributed by atoms with Crippen LogP contribution in [-0.2, 0) is 9.53 Å². The van der Waals surface area contributed by atoms with E-state index in [1.807, 2.05) is 4.90 Å². The maximum atomic E-state index is 11.8. The first-order valence-electron chi connectivity index (χ1n) is 5.86. The van der Waals surface area contributed by atoms with E-state index in [0.717, 1.165) is 25.9 Å². The lowest BCUT2D eigenvalue weighted by Crippen LogP contribution is -2.37. The topological polar surface area (TPSA) is 55.6 Å². The number of nitrogens with two attached hydrogens (primary N) is 1. The van der Waals surface area contributed by atoms with E-state index >= 15 is 0 Å². The van der Waals surface area contributed by atoms with Crippen LogP contribution in [0.2, 0.25) is 0 Å². The fraction of sp³-hybridized carbons (Fsp3) is 0.909. The maximum Gasteiger partial charge on any atom is 0.225 e. The zero-order valence-electron chi connectivity index (χ0n) is 9.58. The fourth-order valence-electron chi connectivity index (χ4n) is 1.59. The van der Waals surface area contributed by atoms with Crippen LogP contribution in [0.4, 0.5) is 0 Å². The summed E-state index contributed by atoms with van der Waals surface area (Å²) in [6.07, 6.45) is 3.78. The second kappa shape index (κ2) is 6.80. The van der Waals surface area contributed by atoms with Crippen LogP contribution in [0.5, 0.6) is 0 Å². The minimum absolute atomic E-state index is 0.194. The molecular formula is C11H22N2O2. The predicted octanol–water partition coefficient (Wildman–Crippen LogP) is 0.753. The average Bonchev–Trinajstić information content (AvgIpc) is 3.04. The normalized spacial score (nSPS) is 15.3. The van der Waals surface area contributed by atoms with E-state index in [-0.39, 0.29) is 5.91 Å². The van der Waals surface area contributed by atoms with Gasteiger partial charge in [0.05, 0.1) is 13.0 Å². The van der Waals surface area contributed by atoms with E-state index in [1.165, 1.54) is 0 Å². The Bertz CT molecular complexity index is 193. The second-order valence-corrected chi connectivity index (χ2v) is 3.97. The first kappa shape index (κ1) is 12.5. The molecular weight excluding hydrogens is 192 g/mol. The first-order valence-corrected chi connectivity index (χ1v) is 5.86. The van der Waals surface area contributed by atoms with Crippen molar-refractivity contribution in [3.63, 3.8) is 0 Å². The molecule has 1 saturated carbocycles. The smallest absolute Gasteiger partial charge is 0.225 e. The molecule has 1 amide bonds. The van der Waals surface area contributed by atoms with Crippen LogP contribution in [0, 0.1) is 0 Å². The molecule has 2 N–H and O–H groups in total. The van der Waals surface area contributed by atoms with Gasteiger partial charge in [0.25, 0.3) is 0 Å². The van der Waals surface area contributed by atoms with Gasteiger partial charge in [-0.15, -0.1) is 0 Å². The molecule has 4 heteroatoms. The van der Waals surface area contributed by atoms with Crippen molar-refractivity contribution in [2.75, 3.05) is 26.3 Å². The largest absolute Gasteiger partial charge is 0.381 e. The van der Waals surface area contributed by atoms with Crippen LogP contribution in [0.3, 0.4) is 0 Å². The summed E-state index contributed by atoms with van der Waals surface area (Å²) in [6.45, 7) is 4.59. The Kier molecular flexibility index (Phi) is 5.65. The quantitative estimate of drug-likeness (QED) is 0.607. The molecule has 1 rings (SSSR count). The molecule has 4 nitrogen and oxygen atoms in total. The van der Waals surface area contributed by atoms with Gasteiger partial charge in [-0.2, -0.15) is 0 Å². The SMILES string of the molecule is CCCOCCC(=O)N(CCN)C1CC1. The van der Waals surface area contributed by atoms with E-state index in [2.05, 4.69) is 6.92 Å². The Morgan fingerprint density at radius 1 is 1.47 bits per heavy atom. The molecule has 1 aliphatic carbocycles. The van der Waals surface area contributed by atoms with Crippen LogP contribution in [0.1, 0.15) is 32.6 Å². The van der Waals surface area contributed by atoms with Crippen LogP contribution in [0.15, 0.2) is 0 Å². The number of hydrogen-bond donors (Lipinski definition) is 1. The molecule has 0 unspecified atom stereocenters. The summed E-state index contributed by atoms with van der Waals surface area (Å²) in [5, 5.41) is 0. The second-order valence-electron chi connectivity index (χ2n) is 3.97. The molecule has 0 saturated heterocycles. The number of amides is 1. The summed E-state index contributed by atoms with van der Waals surface area (Å²) in [4.78, 5) is 13.7. The first-order chi connectivity index (χ1) is 7.29. The van der Waals surface area contributed by atoms with Gasteiger partial charge in [-0.3, -0.25) is 4.79 Å². The van der Waals surface area contributed by atoms with Crippen molar-refractivity contribution in [2.24, 2.45) is 5.73 Å². The van der Waals surface area contributed by atoms with E-state index in [4.69, 9.17) is 10.5 Å². The number of hydrogen-bond acceptors (Lipinski definition) is 3. The van der Waals surface area contributed by atoms with E-state index in [0.29, 0.717) is 32.2 Å². The number of rotatable bonds is 8. The van der Waals surface area contributed by atoms with Crippen molar-refractivity contribution in [3.05, 3.63) is 0 Å². The average molecular weight is 214 g/mol. The summed E-state index contributed by atoms with van der Waals surface area (Å²) in [5.74, 6) is 0.194. The molecule has 0 spiro atoms. The van der Waals surface area contributed by atoms with Crippen molar-refractivity contribution in [3.8, 4) is 0 Å². The molecule has 88 valence electrons. The third-order valence-electron chi connectivity index (χ3n) is 2.49. The molecule has 0 bridgehead atoms. The van der Waals surface area contributed by atoms with Gasteiger partial charge in [0, 0.05) is 25.7 Å². The maximum absolute atomic E-state index is 11.8. The van der Waals surface area contributed by atoms with Gasteiger partial charge in [-0.05, 0) is 19.3 Å². The van der Waals surface area contributed by atoms with Gasteiger partial charge >= 0.3 is 0 Å². The molecule has 0 atom stereocenters. The molecule has 1 aliphatic rings. The Morgan fingerprint density at radius 2 is 2.20 bits per heavy atom. The fourth-order valence-corrected chi connectivity index (χ4v) is 1.59. The summed E-state index contributed by atoms with van der Waals surface area (Å²) in [6, 6.07) is 0.465. The highest BCUT2D eigenvalue weighted by Gasteiger charge is 2.31. The molecule has 0 aromatic rings. The number of nitrogens with zero attached hydrogens (tertiary/aromatic N) is 1. The summed E-state index contributed by atoms with van der Waals surface area (Å²) < 4.78 is 5.30. The summed E-state index contributed by atoms with van der Waals surface area (Å²) >= 11 is 0. The summed E-state index contributed by atoms with van der Waals surface area (Å²) in [7, 11) is 0. The molecule has 0 aromatic heterocycles. The minimum atomic E-state index is 0.194. The standard InChI is InChI=1S/C11H22N2O2/c1-2-8-15-9-5-11(14)13(7-6-12)10-3-4-10/h10H,2-9,12H2,1H3. The Hall–Kier alpha value is -0.610. The lowest BCUT2D eigenvalue weighted by Gasteiger charge is -2.21. The molecule has 1 fully saturated rings. The Balaban J connectivity index is 2.17. The monoisotopic (exact) mass is 214 g/mol. The van der Waals surface area contributed by atoms with E-state index in [9.17, 15) is 4.79 Å². The number of carbonyl (C=O) groups is 1. The van der Waals surface area contributed by atoms with Crippen molar-refractivity contribution < 1.29 is 9.53 Å². The zero-order valence-corrected chi connectivity index (χ0v) is 9.58. The molecule has 15 heavy (non-hydrogen) atoms. The van der Waals surface area contributed by atoms with E-state index in [1.54, 1.807) is 0 Å². The molecule has 0 aromatic carbocycles. The third kappa shape index (κ3) is 4.62. The van der Waals surface area contributed by atoms with Crippen LogP contribution < -0.4 is 5.73 Å². The minimum Gasteiger partial charge on any atom is -0.381 e. The van der Waals surface area contributed by atoms with Crippen LogP contribution >= 0.6 is 0 Å². The van der Waals surface area contributed by atoms with Gasteiger partial charge in [-0.25, -0.2) is 0 Å². The van der Waals surface area contributed by atoms with Gasteiger partial charge in [-0.1, -0.05) is 6.92 Å². The lowest BCUT2D eigenvalue weighted by molar-refractivity contribution is -0.132. The van der Waals surface area contributed by atoms with Crippen molar-refractivity contribution in [2.45, 2.75) is 38.6 Å². The van der Waals surface area contributed by atoms with Crippen LogP contribution in [0.25, 0.3) is 0 Å². The van der Waals surface area contributed by atoms with E-state index < -0.39 is 0 Å². The van der Waals surface area contributed by atoms with Gasteiger partial charge in [0.15, 0.2) is 0 Å². The van der Waals surface area contributed by atoms with Crippen molar-refractivity contribution in [1.29, 1.82) is 0 Å². The molecule has 0 heterocycles. The van der Waals surface area contributed by atoms with Crippen LogP contribution in [-0.4, -0.2) is 43.2 Å².